The van der Waals surface area contributed by atoms with E-state index in [0.29, 0.717) is 5.75 Å². The maximum Gasteiger partial charge on any atom is 0.121 e. The van der Waals surface area contributed by atoms with Gasteiger partial charge in [0.2, 0.25) is 0 Å². The van der Waals surface area contributed by atoms with Crippen molar-refractivity contribution in [3.8, 4) is 5.75 Å². The van der Waals surface area contributed by atoms with Crippen LogP contribution in [0, 0.1) is 0 Å². The van der Waals surface area contributed by atoms with Crippen LogP contribution in [-0.2, 0) is 12.8 Å². The molecular formula is C15H24O. The number of unbranched alkanes of at least 4 members (excludes halogenated alkanes) is 3. The lowest BCUT2D eigenvalue weighted by Crippen LogP contribution is -1.92. The average molecular weight is 220 g/mol. The van der Waals surface area contributed by atoms with E-state index in [4.69, 9.17) is 0 Å². The normalized spacial score (nSPS) is 10.6. The molecule has 0 heterocycles. The predicted molar refractivity (Wildman–Crippen MR) is 69.9 cm³/mol. The summed E-state index contributed by atoms with van der Waals surface area (Å²) in [6, 6.07) is 6.18. The molecule has 0 amide bonds. The third-order valence-electron chi connectivity index (χ3n) is 3.05. The quantitative estimate of drug-likeness (QED) is 0.672. The van der Waals surface area contributed by atoms with E-state index in [1.54, 1.807) is 0 Å². The van der Waals surface area contributed by atoms with Gasteiger partial charge in [-0.2, -0.15) is 0 Å². The lowest BCUT2D eigenvalue weighted by molar-refractivity contribution is 0.458. The minimum Gasteiger partial charge on any atom is -0.507 e. The van der Waals surface area contributed by atoms with Gasteiger partial charge in [0.05, 0.1) is 0 Å². The molecular weight excluding hydrogens is 196 g/mol. The Labute approximate surface area is 99.5 Å². The molecule has 0 aliphatic carbocycles. The molecule has 0 aliphatic heterocycles. The van der Waals surface area contributed by atoms with E-state index in [9.17, 15) is 5.11 Å². The van der Waals surface area contributed by atoms with Crippen molar-refractivity contribution in [2.75, 3.05) is 0 Å². The fourth-order valence-corrected chi connectivity index (χ4v) is 1.98. The number of phenols is 1. The Kier molecular flexibility index (Phi) is 5.99. The second kappa shape index (κ2) is 7.32. The number of aromatic hydroxyl groups is 1. The van der Waals surface area contributed by atoms with Crippen molar-refractivity contribution in [3.63, 3.8) is 0 Å². The van der Waals surface area contributed by atoms with Gasteiger partial charge in [-0.15, -0.1) is 0 Å². The van der Waals surface area contributed by atoms with Gasteiger partial charge in [-0.05, 0) is 36.8 Å². The van der Waals surface area contributed by atoms with Crippen LogP contribution in [0.5, 0.6) is 5.75 Å². The number of hydrogen-bond donors (Lipinski definition) is 1. The van der Waals surface area contributed by atoms with E-state index in [1.165, 1.54) is 25.7 Å². The van der Waals surface area contributed by atoms with E-state index in [1.807, 2.05) is 6.07 Å². The highest BCUT2D eigenvalue weighted by atomic mass is 16.3. The molecule has 0 spiro atoms. The highest BCUT2D eigenvalue weighted by Gasteiger charge is 2.05. The van der Waals surface area contributed by atoms with Gasteiger partial charge in [0.25, 0.3) is 0 Å². The first-order valence-corrected chi connectivity index (χ1v) is 6.59. The van der Waals surface area contributed by atoms with Gasteiger partial charge < -0.3 is 5.11 Å². The van der Waals surface area contributed by atoms with E-state index in [0.717, 1.165) is 30.4 Å². The van der Waals surface area contributed by atoms with Crippen LogP contribution in [0.1, 0.15) is 57.1 Å². The van der Waals surface area contributed by atoms with E-state index in [2.05, 4.69) is 26.0 Å². The maximum absolute atomic E-state index is 10.1. The summed E-state index contributed by atoms with van der Waals surface area (Å²) in [4.78, 5) is 0. The Morgan fingerprint density at radius 3 is 2.00 bits per heavy atom. The van der Waals surface area contributed by atoms with E-state index in [-0.39, 0.29) is 0 Å². The van der Waals surface area contributed by atoms with Crippen molar-refractivity contribution in [3.05, 3.63) is 29.3 Å². The summed E-state index contributed by atoms with van der Waals surface area (Å²) in [7, 11) is 0. The summed E-state index contributed by atoms with van der Waals surface area (Å²) in [5, 5.41) is 10.1. The molecule has 1 N–H and O–H groups in total. The van der Waals surface area contributed by atoms with Crippen LogP contribution in [0.25, 0.3) is 0 Å². The molecule has 0 saturated heterocycles. The van der Waals surface area contributed by atoms with E-state index < -0.39 is 0 Å². The van der Waals surface area contributed by atoms with Crippen LogP contribution >= 0.6 is 0 Å². The van der Waals surface area contributed by atoms with Crippen LogP contribution in [0.3, 0.4) is 0 Å². The summed E-state index contributed by atoms with van der Waals surface area (Å²) in [6.45, 7) is 4.39. The zero-order valence-corrected chi connectivity index (χ0v) is 10.6. The third-order valence-corrected chi connectivity index (χ3v) is 3.05. The van der Waals surface area contributed by atoms with Gasteiger partial charge in [-0.25, -0.2) is 0 Å². The lowest BCUT2D eigenvalue weighted by Gasteiger charge is -2.09. The van der Waals surface area contributed by atoms with Gasteiger partial charge in [0.15, 0.2) is 0 Å². The van der Waals surface area contributed by atoms with Gasteiger partial charge in [0, 0.05) is 0 Å². The van der Waals surface area contributed by atoms with Crippen molar-refractivity contribution >= 4 is 0 Å². The van der Waals surface area contributed by atoms with Gasteiger partial charge in [-0.1, -0.05) is 51.3 Å². The van der Waals surface area contributed by atoms with Crippen molar-refractivity contribution in [2.45, 2.75) is 58.8 Å². The van der Waals surface area contributed by atoms with Crippen molar-refractivity contribution < 1.29 is 5.11 Å². The number of aryl methyl sites for hydroxylation is 2. The Morgan fingerprint density at radius 2 is 1.44 bits per heavy atom. The summed E-state index contributed by atoms with van der Waals surface area (Å²) < 4.78 is 0. The molecule has 0 aliphatic rings. The number of para-hydroxylation sites is 1. The molecule has 0 fully saturated rings. The van der Waals surface area contributed by atoms with Crippen molar-refractivity contribution in [1.82, 2.24) is 0 Å². The topological polar surface area (TPSA) is 20.2 Å². The molecule has 0 saturated carbocycles. The number of rotatable bonds is 7. The highest BCUT2D eigenvalue weighted by Crippen LogP contribution is 2.25. The minimum atomic E-state index is 0.548. The minimum absolute atomic E-state index is 0.548. The Balaban J connectivity index is 2.62. The predicted octanol–water partition coefficient (Wildman–Crippen LogP) is 4.47. The van der Waals surface area contributed by atoms with Crippen molar-refractivity contribution in [2.24, 2.45) is 0 Å². The zero-order chi connectivity index (χ0) is 11.8. The maximum atomic E-state index is 10.1. The van der Waals surface area contributed by atoms with Crippen LogP contribution in [0.2, 0.25) is 0 Å². The first kappa shape index (κ1) is 13.1. The molecule has 16 heavy (non-hydrogen) atoms. The molecule has 1 heteroatoms. The summed E-state index contributed by atoms with van der Waals surface area (Å²) in [5.41, 5.74) is 2.25. The smallest absolute Gasteiger partial charge is 0.121 e. The summed E-state index contributed by atoms with van der Waals surface area (Å²) in [5.74, 6) is 0.548. The summed E-state index contributed by atoms with van der Waals surface area (Å²) >= 11 is 0. The van der Waals surface area contributed by atoms with Gasteiger partial charge in [-0.3, -0.25) is 0 Å². The molecule has 0 bridgehead atoms. The molecule has 1 rings (SSSR count). The Morgan fingerprint density at radius 1 is 0.875 bits per heavy atom. The summed E-state index contributed by atoms with van der Waals surface area (Å²) in [6.07, 6.45) is 8.02. The Hall–Kier alpha value is -0.980. The fraction of sp³-hybridized carbons (Fsp3) is 0.600. The second-order valence-electron chi connectivity index (χ2n) is 4.49. The van der Waals surface area contributed by atoms with Crippen LogP contribution in [0.15, 0.2) is 18.2 Å². The number of benzene rings is 1. The van der Waals surface area contributed by atoms with Gasteiger partial charge >= 0.3 is 0 Å². The van der Waals surface area contributed by atoms with Crippen molar-refractivity contribution in [1.29, 1.82) is 0 Å². The average Bonchev–Trinajstić information content (AvgIpc) is 2.30. The zero-order valence-electron chi connectivity index (χ0n) is 10.6. The fourth-order valence-electron chi connectivity index (χ4n) is 1.98. The standard InChI is InChI=1S/C15H24O/c1-3-5-7-10-14-12-8-11-13(15(14)16)9-6-4-2/h8,11-12,16H,3-7,9-10H2,1-2H3. The first-order valence-electron chi connectivity index (χ1n) is 6.59. The molecule has 0 radical (unpaired) electrons. The molecule has 1 nitrogen and oxygen atoms in total. The molecule has 0 atom stereocenters. The molecule has 1 aromatic carbocycles. The molecule has 1 aromatic rings. The Bertz CT molecular complexity index is 304. The second-order valence-corrected chi connectivity index (χ2v) is 4.49. The first-order chi connectivity index (χ1) is 7.79. The SMILES string of the molecule is CCCCCc1cccc(CCCC)c1O. The number of phenolic OH excluding ortho intramolecular Hbond substituents is 1. The highest BCUT2D eigenvalue weighted by molar-refractivity contribution is 5.40. The molecule has 0 unspecified atom stereocenters. The van der Waals surface area contributed by atoms with Crippen LogP contribution in [0.4, 0.5) is 0 Å². The monoisotopic (exact) mass is 220 g/mol. The van der Waals surface area contributed by atoms with E-state index >= 15 is 0 Å². The third kappa shape index (κ3) is 3.88. The van der Waals surface area contributed by atoms with Crippen LogP contribution in [-0.4, -0.2) is 5.11 Å². The lowest BCUT2D eigenvalue weighted by atomic mass is 10.00. The van der Waals surface area contributed by atoms with Crippen LogP contribution < -0.4 is 0 Å². The molecule has 90 valence electrons. The number of hydrogen-bond acceptors (Lipinski definition) is 1. The molecule has 0 aromatic heterocycles. The van der Waals surface area contributed by atoms with Gasteiger partial charge in [0.1, 0.15) is 5.75 Å². The largest absolute Gasteiger partial charge is 0.507 e.